The highest BCUT2D eigenvalue weighted by Crippen LogP contribution is 2.67. The fraction of sp³-hybridized carbons (Fsp3) is 0.966. The van der Waals surface area contributed by atoms with Crippen LogP contribution in [0.1, 0.15) is 79.6 Å². The molecule has 0 spiro atoms. The van der Waals surface area contributed by atoms with Crippen molar-refractivity contribution in [3.05, 3.63) is 0 Å². The molecule has 7 nitrogen and oxygen atoms in total. The third-order valence-electron chi connectivity index (χ3n) is 12.2. The van der Waals surface area contributed by atoms with Crippen LogP contribution in [0.4, 0.5) is 0 Å². The Morgan fingerprint density at radius 1 is 0.889 bits per heavy atom. The standard InChI is InChI=1S/C29H48O7/c1-13(2)15-10-20(36-21(32)11-15)14(3)17-12-19(31)23-22-16(6-8-29(17,23)5)28(4)9-7-18(30)25(33)24(28)27(35)26(22)34/h13-18,20-27,30,32-35H,6-12H2,1-5H3/t14-,15+,16-,17+,18+,20+,21-,22+,23+,24+,25-,26+,27+,28+,29+/m0/s1. The molecule has 4 aliphatic carbocycles. The minimum Gasteiger partial charge on any atom is -0.390 e. The van der Waals surface area contributed by atoms with Gasteiger partial charge in [-0.3, -0.25) is 4.79 Å². The number of rotatable bonds is 3. The van der Waals surface area contributed by atoms with Crippen LogP contribution in [0.3, 0.4) is 0 Å². The number of Topliss-reactive ketones (excluding diaryl/α,β-unsaturated/α-hetero) is 1. The molecule has 1 aliphatic heterocycles. The zero-order valence-electron chi connectivity index (χ0n) is 22.6. The Morgan fingerprint density at radius 3 is 2.22 bits per heavy atom. The van der Waals surface area contributed by atoms with Gasteiger partial charge in [-0.25, -0.2) is 0 Å². The van der Waals surface area contributed by atoms with E-state index in [9.17, 15) is 30.3 Å². The van der Waals surface area contributed by atoms with E-state index in [4.69, 9.17) is 4.74 Å². The maximum absolute atomic E-state index is 13.8. The van der Waals surface area contributed by atoms with E-state index in [-0.39, 0.29) is 46.9 Å². The SMILES string of the molecule is CC(C)[C@H]1C[C@@H](O)O[C@@H]([C@@H](C)[C@H]2CC(=O)[C@@H]3[C@@H]4[C@@H](O)[C@H](O)[C@H]5[C@@H](O)[C@H](O)CC[C@]5(C)[C@H]4CC[C@]23C)C1. The normalized spacial score (nSPS) is 56.1. The van der Waals surface area contributed by atoms with Crippen molar-refractivity contribution in [3.63, 3.8) is 0 Å². The van der Waals surface area contributed by atoms with Gasteiger partial charge in [0.1, 0.15) is 5.78 Å². The fourth-order valence-electron chi connectivity index (χ4n) is 10.1. The molecule has 0 unspecified atom stereocenters. The highest BCUT2D eigenvalue weighted by Gasteiger charge is 2.69. The summed E-state index contributed by atoms with van der Waals surface area (Å²) >= 11 is 0. The van der Waals surface area contributed by atoms with E-state index in [0.717, 1.165) is 19.3 Å². The quantitative estimate of drug-likeness (QED) is 0.396. The van der Waals surface area contributed by atoms with E-state index in [2.05, 4.69) is 34.6 Å². The lowest BCUT2D eigenvalue weighted by Gasteiger charge is -2.64. The second-order valence-electron chi connectivity index (χ2n) is 14.1. The Balaban J connectivity index is 1.44. The minimum absolute atomic E-state index is 0.0113. The van der Waals surface area contributed by atoms with Gasteiger partial charge in [0.05, 0.1) is 30.5 Å². The van der Waals surface area contributed by atoms with Gasteiger partial charge in [0, 0.05) is 30.6 Å². The smallest absolute Gasteiger partial charge is 0.155 e. The molecule has 36 heavy (non-hydrogen) atoms. The maximum Gasteiger partial charge on any atom is 0.155 e. The third-order valence-corrected chi connectivity index (χ3v) is 12.2. The Morgan fingerprint density at radius 2 is 1.56 bits per heavy atom. The topological polar surface area (TPSA) is 127 Å². The van der Waals surface area contributed by atoms with Gasteiger partial charge in [0.2, 0.25) is 0 Å². The van der Waals surface area contributed by atoms with E-state index in [1.165, 1.54) is 0 Å². The highest BCUT2D eigenvalue weighted by molar-refractivity contribution is 5.85. The van der Waals surface area contributed by atoms with Crippen molar-refractivity contribution >= 4 is 5.78 Å². The van der Waals surface area contributed by atoms with Gasteiger partial charge < -0.3 is 30.3 Å². The van der Waals surface area contributed by atoms with Crippen molar-refractivity contribution in [2.45, 2.75) is 116 Å². The molecule has 0 aromatic heterocycles. The number of carbonyl (C=O) groups is 1. The second-order valence-corrected chi connectivity index (χ2v) is 14.1. The molecule has 206 valence electrons. The van der Waals surface area contributed by atoms with Gasteiger partial charge in [-0.15, -0.1) is 0 Å². The third kappa shape index (κ3) is 3.86. The summed E-state index contributed by atoms with van der Waals surface area (Å²) < 4.78 is 6.06. The first kappa shape index (κ1) is 27.0. The lowest BCUT2D eigenvalue weighted by atomic mass is 9.42. The summed E-state index contributed by atoms with van der Waals surface area (Å²) in [6.45, 7) is 10.8. The number of aliphatic hydroxyl groups is 5. The van der Waals surface area contributed by atoms with E-state index in [1.807, 2.05) is 0 Å². The van der Waals surface area contributed by atoms with Gasteiger partial charge >= 0.3 is 0 Å². The first-order chi connectivity index (χ1) is 16.8. The van der Waals surface area contributed by atoms with Crippen LogP contribution in [0.25, 0.3) is 0 Å². The Bertz CT molecular complexity index is 847. The molecule has 5 rings (SSSR count). The summed E-state index contributed by atoms with van der Waals surface area (Å²) in [5, 5.41) is 54.3. The molecule has 4 saturated carbocycles. The predicted molar refractivity (Wildman–Crippen MR) is 133 cm³/mol. The molecule has 0 amide bonds. The highest BCUT2D eigenvalue weighted by atomic mass is 16.6. The second kappa shape index (κ2) is 9.27. The van der Waals surface area contributed by atoms with Crippen molar-refractivity contribution < 1.29 is 35.1 Å². The Kier molecular flexibility index (Phi) is 6.96. The van der Waals surface area contributed by atoms with Gasteiger partial charge in [-0.1, -0.05) is 34.6 Å². The Labute approximate surface area is 215 Å². The monoisotopic (exact) mass is 508 g/mol. The van der Waals surface area contributed by atoms with Crippen LogP contribution in [-0.4, -0.2) is 68.1 Å². The van der Waals surface area contributed by atoms with E-state index in [0.29, 0.717) is 37.5 Å². The lowest BCUT2D eigenvalue weighted by Crippen LogP contribution is -2.68. The van der Waals surface area contributed by atoms with Crippen LogP contribution in [0, 0.1) is 58.2 Å². The largest absolute Gasteiger partial charge is 0.390 e. The van der Waals surface area contributed by atoms with E-state index in [1.54, 1.807) is 0 Å². The van der Waals surface area contributed by atoms with Crippen LogP contribution in [0.2, 0.25) is 0 Å². The molecule has 5 N–H and O–H groups in total. The number of hydrogen-bond donors (Lipinski definition) is 5. The molecular weight excluding hydrogens is 460 g/mol. The first-order valence-electron chi connectivity index (χ1n) is 14.4. The molecule has 1 heterocycles. The number of ether oxygens (including phenoxy) is 1. The van der Waals surface area contributed by atoms with Crippen molar-refractivity contribution in [2.75, 3.05) is 0 Å². The summed E-state index contributed by atoms with van der Waals surface area (Å²) in [7, 11) is 0. The molecule has 0 aromatic carbocycles. The molecule has 0 bridgehead atoms. The minimum atomic E-state index is -1.17. The van der Waals surface area contributed by atoms with Gasteiger partial charge in [0.25, 0.3) is 0 Å². The average Bonchev–Trinajstić information content (AvgIpc) is 3.09. The Hall–Kier alpha value is -0.570. The molecule has 5 fully saturated rings. The molecule has 0 aromatic rings. The zero-order valence-corrected chi connectivity index (χ0v) is 22.6. The molecule has 15 atom stereocenters. The summed E-state index contributed by atoms with van der Waals surface area (Å²) in [6.07, 6.45) is -0.315. The fourth-order valence-corrected chi connectivity index (χ4v) is 10.1. The van der Waals surface area contributed by atoms with Crippen LogP contribution in [0.5, 0.6) is 0 Å². The summed E-state index contributed by atoms with van der Waals surface area (Å²) in [5.74, 6) is -0.0824. The number of aliphatic hydroxyl groups excluding tert-OH is 5. The number of hydrogen-bond acceptors (Lipinski definition) is 7. The van der Waals surface area contributed by atoms with E-state index >= 15 is 0 Å². The van der Waals surface area contributed by atoms with Crippen molar-refractivity contribution in [2.24, 2.45) is 58.2 Å². The van der Waals surface area contributed by atoms with Crippen LogP contribution in [0.15, 0.2) is 0 Å². The molecule has 7 heteroatoms. The summed E-state index contributed by atoms with van der Waals surface area (Å²) in [5.41, 5.74) is -0.748. The van der Waals surface area contributed by atoms with Crippen LogP contribution >= 0.6 is 0 Å². The van der Waals surface area contributed by atoms with Crippen molar-refractivity contribution in [1.82, 2.24) is 0 Å². The van der Waals surface area contributed by atoms with Gasteiger partial charge in [0.15, 0.2) is 6.29 Å². The lowest BCUT2D eigenvalue weighted by molar-refractivity contribution is -0.251. The van der Waals surface area contributed by atoms with Gasteiger partial charge in [-0.05, 0) is 72.5 Å². The molecule has 1 saturated heterocycles. The van der Waals surface area contributed by atoms with E-state index < -0.39 is 42.0 Å². The van der Waals surface area contributed by atoms with Gasteiger partial charge in [-0.2, -0.15) is 0 Å². The van der Waals surface area contributed by atoms with Crippen LogP contribution in [-0.2, 0) is 9.53 Å². The van der Waals surface area contributed by atoms with Crippen LogP contribution < -0.4 is 0 Å². The predicted octanol–water partition coefficient (Wildman–Crippen LogP) is 2.50. The first-order valence-corrected chi connectivity index (χ1v) is 14.4. The summed E-state index contributed by atoms with van der Waals surface area (Å²) in [4.78, 5) is 13.8. The number of carbonyl (C=O) groups excluding carboxylic acids is 1. The number of ketones is 1. The van der Waals surface area contributed by atoms with Crippen molar-refractivity contribution in [3.8, 4) is 0 Å². The molecule has 5 aliphatic rings. The molecular formula is C29H48O7. The zero-order chi connectivity index (χ0) is 26.3. The maximum atomic E-state index is 13.8. The van der Waals surface area contributed by atoms with Crippen molar-refractivity contribution in [1.29, 1.82) is 0 Å². The average molecular weight is 509 g/mol. The number of fused-ring (bicyclic) bond motifs is 5. The summed E-state index contributed by atoms with van der Waals surface area (Å²) in [6, 6.07) is 0. The molecule has 0 radical (unpaired) electrons.